The van der Waals surface area contributed by atoms with Crippen molar-refractivity contribution in [3.05, 3.63) is 84.6 Å². The summed E-state index contributed by atoms with van der Waals surface area (Å²) in [6.45, 7) is 0. The molecule has 0 saturated carbocycles. The molecule has 5 rings (SSSR count). The molecule has 3 N–H and O–H groups in total. The monoisotopic (exact) mass is 476 g/mol. The zero-order chi connectivity index (χ0) is 23.9. The van der Waals surface area contributed by atoms with E-state index in [-0.39, 0.29) is 22.7 Å². The molecule has 9 heteroatoms. The van der Waals surface area contributed by atoms with Gasteiger partial charge in [-0.3, -0.25) is 4.79 Å². The Labute approximate surface area is 195 Å². The van der Waals surface area contributed by atoms with Gasteiger partial charge in [-0.25, -0.2) is 21.8 Å². The Bertz CT molecular complexity index is 1640. The molecule has 34 heavy (non-hydrogen) atoms. The first-order chi connectivity index (χ1) is 16.3. The van der Waals surface area contributed by atoms with E-state index in [4.69, 9.17) is 5.73 Å². The highest BCUT2D eigenvalue weighted by Crippen LogP contribution is 2.34. The number of halogens is 1. The van der Waals surface area contributed by atoms with Crippen LogP contribution in [0.3, 0.4) is 0 Å². The lowest BCUT2D eigenvalue weighted by atomic mass is 10.0. The van der Waals surface area contributed by atoms with Crippen molar-refractivity contribution < 1.29 is 17.6 Å². The molecule has 2 aromatic heterocycles. The number of aromatic nitrogens is 3. The van der Waals surface area contributed by atoms with Crippen molar-refractivity contribution >= 4 is 37.9 Å². The van der Waals surface area contributed by atoms with Crippen molar-refractivity contribution in [3.8, 4) is 11.1 Å². The quantitative estimate of drug-likeness (QED) is 0.363. The van der Waals surface area contributed by atoms with Crippen LogP contribution in [0.15, 0.2) is 77.8 Å². The maximum Gasteiger partial charge on any atom is 0.268 e. The third-order valence-corrected chi connectivity index (χ3v) is 7.40. The van der Waals surface area contributed by atoms with Gasteiger partial charge in [0.1, 0.15) is 11.6 Å². The number of primary amides is 1. The molecule has 5 aromatic rings. The van der Waals surface area contributed by atoms with Crippen molar-refractivity contribution in [3.63, 3.8) is 0 Å². The lowest BCUT2D eigenvalue weighted by molar-refractivity contribution is -0.118. The fourth-order valence-corrected chi connectivity index (χ4v) is 5.47. The SMILES string of the molecule is NC(=O)CCCc1nc2ccc(-c3cn(S(=O)(=O)c4ccccc4)c4cc(F)ccc34)cc2[nH]1. The van der Waals surface area contributed by atoms with Gasteiger partial charge in [0, 0.05) is 30.0 Å². The van der Waals surface area contributed by atoms with E-state index in [2.05, 4.69) is 9.97 Å². The van der Waals surface area contributed by atoms with Crippen molar-refractivity contribution in [2.45, 2.75) is 24.2 Å². The van der Waals surface area contributed by atoms with Gasteiger partial charge >= 0.3 is 0 Å². The Hall–Kier alpha value is -3.98. The zero-order valence-corrected chi connectivity index (χ0v) is 18.8. The number of nitrogens with zero attached hydrogens (tertiary/aromatic N) is 2. The third-order valence-electron chi connectivity index (χ3n) is 5.71. The smallest absolute Gasteiger partial charge is 0.268 e. The molecule has 172 valence electrons. The summed E-state index contributed by atoms with van der Waals surface area (Å²) in [7, 11) is -3.93. The maximum absolute atomic E-state index is 14.1. The van der Waals surface area contributed by atoms with Crippen LogP contribution in [0.4, 0.5) is 4.39 Å². The van der Waals surface area contributed by atoms with Gasteiger partial charge in [0.15, 0.2) is 0 Å². The van der Waals surface area contributed by atoms with E-state index < -0.39 is 15.8 Å². The highest BCUT2D eigenvalue weighted by Gasteiger charge is 2.22. The minimum absolute atomic E-state index is 0.118. The molecule has 0 atom stereocenters. The number of carbonyl (C=O) groups is 1. The molecule has 0 bridgehead atoms. The van der Waals surface area contributed by atoms with Crippen LogP contribution in [-0.4, -0.2) is 28.3 Å². The van der Waals surface area contributed by atoms with Crippen LogP contribution in [0.2, 0.25) is 0 Å². The normalized spacial score (nSPS) is 11.9. The molecule has 3 aromatic carbocycles. The van der Waals surface area contributed by atoms with Gasteiger partial charge in [0.2, 0.25) is 5.91 Å². The molecule has 0 aliphatic carbocycles. The van der Waals surface area contributed by atoms with Gasteiger partial charge in [0.05, 0.1) is 21.4 Å². The number of nitrogens with two attached hydrogens (primary N) is 1. The summed E-state index contributed by atoms with van der Waals surface area (Å²) in [5.74, 6) is -0.132. The number of amides is 1. The summed E-state index contributed by atoms with van der Waals surface area (Å²) >= 11 is 0. The topological polar surface area (TPSA) is 111 Å². The molecule has 0 fully saturated rings. The van der Waals surface area contributed by atoms with Gasteiger partial charge in [-0.05, 0) is 54.4 Å². The van der Waals surface area contributed by atoms with Gasteiger partial charge < -0.3 is 10.7 Å². The number of aromatic amines is 1. The summed E-state index contributed by atoms with van der Waals surface area (Å²) in [6, 6.07) is 17.8. The Balaban J connectivity index is 1.61. The van der Waals surface area contributed by atoms with Crippen molar-refractivity contribution in [1.82, 2.24) is 13.9 Å². The lowest BCUT2D eigenvalue weighted by Gasteiger charge is -2.07. The van der Waals surface area contributed by atoms with Crippen LogP contribution in [-0.2, 0) is 21.2 Å². The van der Waals surface area contributed by atoms with E-state index in [9.17, 15) is 17.6 Å². The number of hydrogen-bond donors (Lipinski definition) is 2. The van der Waals surface area contributed by atoms with Gasteiger partial charge in [-0.2, -0.15) is 0 Å². The maximum atomic E-state index is 14.1. The Kier molecular flexibility index (Phi) is 5.41. The Morgan fingerprint density at radius 1 is 1.06 bits per heavy atom. The predicted molar refractivity (Wildman–Crippen MR) is 128 cm³/mol. The van der Waals surface area contributed by atoms with Crippen molar-refractivity contribution in [1.29, 1.82) is 0 Å². The average molecular weight is 477 g/mol. The molecule has 0 aliphatic heterocycles. The summed E-state index contributed by atoms with van der Waals surface area (Å²) in [6.07, 6.45) is 2.99. The van der Waals surface area contributed by atoms with Gasteiger partial charge in [0.25, 0.3) is 10.0 Å². The molecular weight excluding hydrogens is 455 g/mol. The zero-order valence-electron chi connectivity index (χ0n) is 18.0. The Morgan fingerprint density at radius 3 is 2.62 bits per heavy atom. The Morgan fingerprint density at radius 2 is 1.85 bits per heavy atom. The number of rotatable bonds is 7. The number of imidazole rings is 1. The number of carbonyl (C=O) groups excluding carboxylic acids is 1. The number of H-pyrrole nitrogens is 1. The lowest BCUT2D eigenvalue weighted by Crippen LogP contribution is -2.11. The fraction of sp³-hybridized carbons (Fsp3) is 0.120. The van der Waals surface area contributed by atoms with E-state index in [0.29, 0.717) is 23.8 Å². The van der Waals surface area contributed by atoms with E-state index in [1.165, 1.54) is 30.5 Å². The number of fused-ring (bicyclic) bond motifs is 2. The summed E-state index contributed by atoms with van der Waals surface area (Å²) in [4.78, 5) is 18.9. The first-order valence-electron chi connectivity index (χ1n) is 10.7. The van der Waals surface area contributed by atoms with Crippen LogP contribution < -0.4 is 5.73 Å². The third kappa shape index (κ3) is 3.94. The van der Waals surface area contributed by atoms with Crippen molar-refractivity contribution in [2.24, 2.45) is 5.73 Å². The number of aryl methyl sites for hydroxylation is 1. The molecule has 0 radical (unpaired) electrons. The molecule has 7 nitrogen and oxygen atoms in total. The van der Waals surface area contributed by atoms with Crippen molar-refractivity contribution in [2.75, 3.05) is 0 Å². The first-order valence-corrected chi connectivity index (χ1v) is 12.2. The van der Waals surface area contributed by atoms with E-state index in [1.807, 2.05) is 18.2 Å². The van der Waals surface area contributed by atoms with Crippen LogP contribution in [0.5, 0.6) is 0 Å². The largest absolute Gasteiger partial charge is 0.370 e. The first kappa shape index (κ1) is 21.8. The predicted octanol–water partition coefficient (Wildman–Crippen LogP) is 4.37. The highest BCUT2D eigenvalue weighted by molar-refractivity contribution is 7.90. The van der Waals surface area contributed by atoms with Crippen LogP contribution in [0.1, 0.15) is 18.7 Å². The molecule has 0 saturated heterocycles. The minimum atomic E-state index is -3.93. The van der Waals surface area contributed by atoms with E-state index in [1.54, 1.807) is 24.3 Å². The van der Waals surface area contributed by atoms with Crippen LogP contribution in [0, 0.1) is 5.82 Å². The second kappa shape index (κ2) is 8.42. The van der Waals surface area contributed by atoms with Gasteiger partial charge in [-0.1, -0.05) is 24.3 Å². The number of nitrogens with one attached hydrogen (secondary N) is 1. The summed E-state index contributed by atoms with van der Waals surface area (Å²) in [5.41, 5.74) is 8.41. The number of hydrogen-bond acceptors (Lipinski definition) is 4. The standard InChI is InChI=1S/C25H21FN4O3S/c26-17-10-11-19-20(15-30(23(19)14-17)34(32,33)18-5-2-1-3-6-18)16-9-12-21-22(13-16)29-25(28-21)8-4-7-24(27)31/h1-3,5-6,9-15H,4,7-8H2,(H2,27,31)(H,28,29). The second-order valence-corrected chi connectivity index (χ2v) is 9.87. The van der Waals surface area contributed by atoms with Gasteiger partial charge in [-0.15, -0.1) is 0 Å². The van der Waals surface area contributed by atoms with E-state index >= 15 is 0 Å². The van der Waals surface area contributed by atoms with E-state index in [0.717, 1.165) is 26.4 Å². The fourth-order valence-electron chi connectivity index (χ4n) is 4.08. The summed E-state index contributed by atoms with van der Waals surface area (Å²) in [5, 5.41) is 0.612. The molecule has 0 aliphatic rings. The molecule has 2 heterocycles. The summed E-state index contributed by atoms with van der Waals surface area (Å²) < 4.78 is 42.0. The highest BCUT2D eigenvalue weighted by atomic mass is 32.2. The van der Waals surface area contributed by atoms with Crippen LogP contribution in [0.25, 0.3) is 33.1 Å². The second-order valence-electron chi connectivity index (χ2n) is 8.05. The molecule has 0 unspecified atom stereocenters. The molecule has 0 spiro atoms. The average Bonchev–Trinajstić information content (AvgIpc) is 3.40. The molecule has 1 amide bonds. The molecular formula is C25H21FN4O3S. The van der Waals surface area contributed by atoms with Crippen LogP contribution >= 0.6 is 0 Å². The minimum Gasteiger partial charge on any atom is -0.370 e. The number of benzene rings is 3.